The van der Waals surface area contributed by atoms with Gasteiger partial charge in [-0.1, -0.05) is 25.6 Å². The first-order valence-electron chi connectivity index (χ1n) is 7.21. The fraction of sp³-hybridized carbons (Fsp3) is 0.615. The second-order valence-electron chi connectivity index (χ2n) is 5.61. The van der Waals surface area contributed by atoms with Crippen molar-refractivity contribution in [2.45, 2.75) is 48.8 Å². The predicted octanol–water partition coefficient (Wildman–Crippen LogP) is -0.480. The number of aromatic nitrogens is 4. The van der Waals surface area contributed by atoms with Gasteiger partial charge in [-0.05, 0) is 0 Å². The molecule has 1 fully saturated rings. The van der Waals surface area contributed by atoms with E-state index in [2.05, 4.69) is 15.0 Å². The SMILES string of the molecule is CC(C)Sc1nc(N)c2ncn([C@@H]3O[C@H](CO)[C@@H](O)[C@H]3O)c2n1. The van der Waals surface area contributed by atoms with E-state index in [9.17, 15) is 15.3 Å². The van der Waals surface area contributed by atoms with Crippen LogP contribution in [0.2, 0.25) is 0 Å². The summed E-state index contributed by atoms with van der Waals surface area (Å²) in [5, 5.41) is 30.0. The van der Waals surface area contributed by atoms with Gasteiger partial charge in [0.15, 0.2) is 22.8 Å². The lowest BCUT2D eigenvalue weighted by molar-refractivity contribution is -0.0511. The molecule has 1 aliphatic heterocycles. The number of aliphatic hydroxyl groups is 3. The van der Waals surface area contributed by atoms with E-state index < -0.39 is 31.1 Å². The lowest BCUT2D eigenvalue weighted by Gasteiger charge is -2.16. The van der Waals surface area contributed by atoms with Gasteiger partial charge in [-0.15, -0.1) is 0 Å². The number of nitrogens with zero attached hydrogens (tertiary/aromatic N) is 4. The molecule has 126 valence electrons. The molecule has 1 aliphatic rings. The van der Waals surface area contributed by atoms with Crippen LogP contribution in [0.1, 0.15) is 20.1 Å². The highest BCUT2D eigenvalue weighted by molar-refractivity contribution is 7.99. The monoisotopic (exact) mass is 341 g/mol. The van der Waals surface area contributed by atoms with Gasteiger partial charge in [0.1, 0.15) is 23.8 Å². The van der Waals surface area contributed by atoms with Crippen molar-refractivity contribution < 1.29 is 20.1 Å². The number of aliphatic hydroxyl groups excluding tert-OH is 3. The van der Waals surface area contributed by atoms with Crippen LogP contribution in [0.25, 0.3) is 11.2 Å². The third-order valence-corrected chi connectivity index (χ3v) is 4.43. The molecule has 4 atom stereocenters. The molecule has 0 unspecified atom stereocenters. The Morgan fingerprint density at radius 2 is 2.09 bits per heavy atom. The van der Waals surface area contributed by atoms with E-state index in [4.69, 9.17) is 10.5 Å². The second kappa shape index (κ2) is 6.21. The summed E-state index contributed by atoms with van der Waals surface area (Å²) in [6, 6.07) is 0. The van der Waals surface area contributed by atoms with Gasteiger partial charge >= 0.3 is 0 Å². The van der Waals surface area contributed by atoms with Crippen molar-refractivity contribution in [1.29, 1.82) is 0 Å². The molecule has 0 radical (unpaired) electrons. The molecular formula is C13H19N5O4S. The van der Waals surface area contributed by atoms with Crippen LogP contribution in [0.3, 0.4) is 0 Å². The van der Waals surface area contributed by atoms with Crippen LogP contribution in [-0.4, -0.2) is 65.0 Å². The normalized spacial score (nSPS) is 28.1. The first kappa shape index (κ1) is 16.4. The summed E-state index contributed by atoms with van der Waals surface area (Å²) in [5.41, 5.74) is 6.74. The molecule has 0 bridgehead atoms. The van der Waals surface area contributed by atoms with Crippen molar-refractivity contribution in [3.8, 4) is 0 Å². The average Bonchev–Trinajstić information content (AvgIpc) is 3.01. The fourth-order valence-electron chi connectivity index (χ4n) is 2.48. The minimum absolute atomic E-state index is 0.239. The molecule has 0 aliphatic carbocycles. The van der Waals surface area contributed by atoms with Crippen molar-refractivity contribution in [3.05, 3.63) is 6.33 Å². The zero-order chi connectivity index (χ0) is 16.7. The standard InChI is InChI=1S/C13H19N5O4S/c1-5(2)23-13-16-10(14)7-11(17-13)18(4-15-7)12-9(21)8(20)6(3-19)22-12/h4-6,8-9,12,19-21H,3H2,1-2H3,(H2,14,16,17)/t6-,8-,9-,12-/m1/s1. The molecule has 3 heterocycles. The summed E-state index contributed by atoms with van der Waals surface area (Å²) in [4.78, 5) is 12.8. The number of nitrogens with two attached hydrogens (primary N) is 1. The average molecular weight is 341 g/mol. The van der Waals surface area contributed by atoms with Crippen LogP contribution in [0, 0.1) is 0 Å². The van der Waals surface area contributed by atoms with Gasteiger partial charge in [0, 0.05) is 5.25 Å². The summed E-state index contributed by atoms with van der Waals surface area (Å²) in [6.45, 7) is 3.63. The zero-order valence-electron chi connectivity index (χ0n) is 12.7. The highest BCUT2D eigenvalue weighted by Gasteiger charge is 2.44. The summed E-state index contributed by atoms with van der Waals surface area (Å²) in [5.74, 6) is 0.239. The maximum absolute atomic E-state index is 10.2. The van der Waals surface area contributed by atoms with Crippen molar-refractivity contribution in [1.82, 2.24) is 19.5 Å². The van der Waals surface area contributed by atoms with Crippen molar-refractivity contribution >= 4 is 28.7 Å². The first-order valence-corrected chi connectivity index (χ1v) is 8.09. The van der Waals surface area contributed by atoms with E-state index in [0.29, 0.717) is 16.3 Å². The molecule has 0 amide bonds. The minimum Gasteiger partial charge on any atom is -0.394 e. The predicted molar refractivity (Wildman–Crippen MR) is 83.7 cm³/mol. The van der Waals surface area contributed by atoms with Crippen LogP contribution in [0.15, 0.2) is 11.5 Å². The summed E-state index contributed by atoms with van der Waals surface area (Å²) >= 11 is 1.45. The number of anilines is 1. The molecule has 2 aromatic heterocycles. The highest BCUT2D eigenvalue weighted by atomic mass is 32.2. The maximum Gasteiger partial charge on any atom is 0.191 e. The Balaban J connectivity index is 2.03. The molecule has 0 aromatic carbocycles. The molecule has 2 aromatic rings. The molecule has 3 rings (SSSR count). The Labute approximate surface area is 136 Å². The van der Waals surface area contributed by atoms with E-state index in [1.165, 1.54) is 22.7 Å². The summed E-state index contributed by atoms with van der Waals surface area (Å²) in [7, 11) is 0. The lowest BCUT2D eigenvalue weighted by atomic mass is 10.1. The molecule has 0 spiro atoms. The molecule has 1 saturated heterocycles. The van der Waals surface area contributed by atoms with Gasteiger partial charge in [0.25, 0.3) is 0 Å². The summed E-state index contributed by atoms with van der Waals surface area (Å²) < 4.78 is 7.01. The van der Waals surface area contributed by atoms with E-state index in [1.54, 1.807) is 0 Å². The van der Waals surface area contributed by atoms with Gasteiger partial charge in [-0.2, -0.15) is 0 Å². The Bertz CT molecular complexity index is 709. The minimum atomic E-state index is -1.21. The van der Waals surface area contributed by atoms with Gasteiger partial charge < -0.3 is 25.8 Å². The number of ether oxygens (including phenoxy) is 1. The molecule has 10 heteroatoms. The number of nitrogen functional groups attached to an aromatic ring is 1. The van der Waals surface area contributed by atoms with Crippen LogP contribution in [0.5, 0.6) is 0 Å². The number of fused-ring (bicyclic) bond motifs is 1. The molecule has 5 N–H and O–H groups in total. The number of rotatable bonds is 4. The smallest absolute Gasteiger partial charge is 0.191 e. The highest BCUT2D eigenvalue weighted by Crippen LogP contribution is 2.32. The van der Waals surface area contributed by atoms with E-state index in [1.807, 2.05) is 13.8 Å². The van der Waals surface area contributed by atoms with Gasteiger partial charge in [0.05, 0.1) is 12.9 Å². The van der Waals surface area contributed by atoms with E-state index in [-0.39, 0.29) is 11.1 Å². The summed E-state index contributed by atoms with van der Waals surface area (Å²) in [6.07, 6.45) is -2.73. The number of imidazole rings is 1. The van der Waals surface area contributed by atoms with Crippen molar-refractivity contribution in [2.75, 3.05) is 12.3 Å². The van der Waals surface area contributed by atoms with Crippen molar-refractivity contribution in [2.24, 2.45) is 0 Å². The quantitative estimate of drug-likeness (QED) is 0.429. The molecule has 9 nitrogen and oxygen atoms in total. The third-order valence-electron chi connectivity index (χ3n) is 3.56. The van der Waals surface area contributed by atoms with Crippen molar-refractivity contribution in [3.63, 3.8) is 0 Å². The second-order valence-corrected chi connectivity index (χ2v) is 7.15. The first-order chi connectivity index (χ1) is 10.9. The molecule has 0 saturated carbocycles. The number of thioether (sulfide) groups is 1. The van der Waals surface area contributed by atoms with Crippen LogP contribution >= 0.6 is 11.8 Å². The Morgan fingerprint density at radius 3 is 2.70 bits per heavy atom. The van der Waals surface area contributed by atoms with Crippen LogP contribution < -0.4 is 5.73 Å². The van der Waals surface area contributed by atoms with Gasteiger partial charge in [0.2, 0.25) is 0 Å². The lowest BCUT2D eigenvalue weighted by Crippen LogP contribution is -2.33. The fourth-order valence-corrected chi connectivity index (χ4v) is 3.19. The Morgan fingerprint density at radius 1 is 1.35 bits per heavy atom. The topological polar surface area (TPSA) is 140 Å². The Kier molecular flexibility index (Phi) is 4.43. The van der Waals surface area contributed by atoms with E-state index >= 15 is 0 Å². The molecular weight excluding hydrogens is 322 g/mol. The zero-order valence-corrected chi connectivity index (χ0v) is 13.5. The largest absolute Gasteiger partial charge is 0.394 e. The van der Waals surface area contributed by atoms with Gasteiger partial charge in [-0.3, -0.25) is 4.57 Å². The third kappa shape index (κ3) is 2.88. The Hall–Kier alpha value is -1.46. The number of hydrogen-bond acceptors (Lipinski definition) is 9. The van der Waals surface area contributed by atoms with Crippen LogP contribution in [0.4, 0.5) is 5.82 Å². The molecule has 23 heavy (non-hydrogen) atoms. The van der Waals surface area contributed by atoms with Gasteiger partial charge in [-0.25, -0.2) is 15.0 Å². The maximum atomic E-state index is 10.2. The number of hydrogen-bond donors (Lipinski definition) is 4. The van der Waals surface area contributed by atoms with E-state index in [0.717, 1.165) is 0 Å². The van der Waals surface area contributed by atoms with Crippen LogP contribution in [-0.2, 0) is 4.74 Å².